The van der Waals surface area contributed by atoms with E-state index in [1.165, 1.54) is 22.2 Å². The molecule has 0 bridgehead atoms. The first-order valence-electron chi connectivity index (χ1n) is 10.5. The van der Waals surface area contributed by atoms with Gasteiger partial charge in [0, 0.05) is 21.7 Å². The number of amides is 1. The number of hydrogen-bond acceptors (Lipinski definition) is 4. The highest BCUT2D eigenvalue weighted by Crippen LogP contribution is 2.32. The summed E-state index contributed by atoms with van der Waals surface area (Å²) < 4.78 is 1.38. The molecule has 5 aromatic rings. The molecule has 2 aromatic heterocycles. The second kappa shape index (κ2) is 8.46. The monoisotopic (exact) mass is 473 g/mol. The highest BCUT2D eigenvalue weighted by Gasteiger charge is 2.20. The Labute approximate surface area is 199 Å². The lowest BCUT2D eigenvalue weighted by Gasteiger charge is -2.15. The molecule has 5 nitrogen and oxygen atoms in total. The van der Waals surface area contributed by atoms with Crippen LogP contribution in [-0.2, 0) is 4.79 Å². The number of carbonyl (C=O) groups excluding carboxylic acids is 1. The second-order valence-electron chi connectivity index (χ2n) is 7.98. The van der Waals surface area contributed by atoms with Crippen LogP contribution in [0.3, 0.4) is 0 Å². The normalized spacial score (nSPS) is 12.2. The summed E-state index contributed by atoms with van der Waals surface area (Å²) in [7, 11) is 0. The highest BCUT2D eigenvalue weighted by atomic mass is 35.5. The van der Waals surface area contributed by atoms with E-state index in [4.69, 9.17) is 11.6 Å². The lowest BCUT2D eigenvalue weighted by molar-refractivity contribution is -0.118. The predicted octanol–water partition coefficient (Wildman–Crippen LogP) is 6.44. The first-order chi connectivity index (χ1) is 15.9. The summed E-state index contributed by atoms with van der Waals surface area (Å²) in [4.78, 5) is 31.5. The molecule has 2 heterocycles. The SMILES string of the molecule is Cc1ccc(NC(=O)C(C)n2cnc3scc(-c4ccc5ccccc5c4)c3c2=O)cc1Cl. The Hall–Kier alpha value is -3.48. The topological polar surface area (TPSA) is 64.0 Å². The van der Waals surface area contributed by atoms with Crippen molar-refractivity contribution in [2.24, 2.45) is 0 Å². The third kappa shape index (κ3) is 3.92. The molecule has 0 radical (unpaired) electrons. The quantitative estimate of drug-likeness (QED) is 0.326. The van der Waals surface area contributed by atoms with Gasteiger partial charge in [-0.3, -0.25) is 14.2 Å². The van der Waals surface area contributed by atoms with Gasteiger partial charge in [-0.2, -0.15) is 0 Å². The summed E-state index contributed by atoms with van der Waals surface area (Å²) in [5.74, 6) is -0.319. The smallest absolute Gasteiger partial charge is 0.263 e. The molecule has 0 aliphatic rings. The van der Waals surface area contributed by atoms with E-state index in [-0.39, 0.29) is 11.5 Å². The van der Waals surface area contributed by atoms with Crippen LogP contribution in [0.1, 0.15) is 18.5 Å². The molecule has 0 aliphatic heterocycles. The first kappa shape index (κ1) is 21.4. The van der Waals surface area contributed by atoms with Gasteiger partial charge in [-0.05, 0) is 53.9 Å². The van der Waals surface area contributed by atoms with Gasteiger partial charge in [0.1, 0.15) is 10.9 Å². The van der Waals surface area contributed by atoms with Gasteiger partial charge in [0.25, 0.3) is 5.56 Å². The number of nitrogens with one attached hydrogen (secondary N) is 1. The number of rotatable bonds is 4. The van der Waals surface area contributed by atoms with Crippen LogP contribution < -0.4 is 10.9 Å². The Morgan fingerprint density at radius 2 is 1.88 bits per heavy atom. The Balaban J connectivity index is 1.52. The van der Waals surface area contributed by atoms with Crippen LogP contribution in [0.2, 0.25) is 5.02 Å². The predicted molar refractivity (Wildman–Crippen MR) is 136 cm³/mol. The van der Waals surface area contributed by atoms with Gasteiger partial charge < -0.3 is 5.32 Å². The Bertz CT molecular complexity index is 1590. The molecule has 0 spiro atoms. The Morgan fingerprint density at radius 3 is 2.67 bits per heavy atom. The number of anilines is 1. The molecular weight excluding hydrogens is 454 g/mol. The van der Waals surface area contributed by atoms with Crippen molar-refractivity contribution < 1.29 is 4.79 Å². The van der Waals surface area contributed by atoms with Crippen LogP contribution in [0, 0.1) is 6.92 Å². The molecule has 1 atom stereocenters. The molecule has 7 heteroatoms. The fraction of sp³-hybridized carbons (Fsp3) is 0.115. The van der Waals surface area contributed by atoms with Gasteiger partial charge in [0.05, 0.1) is 11.7 Å². The molecule has 1 unspecified atom stereocenters. The third-order valence-corrected chi connectivity index (χ3v) is 7.11. The van der Waals surface area contributed by atoms with Crippen LogP contribution in [-0.4, -0.2) is 15.5 Å². The lowest BCUT2D eigenvalue weighted by Crippen LogP contribution is -2.31. The minimum Gasteiger partial charge on any atom is -0.324 e. The van der Waals surface area contributed by atoms with Crippen molar-refractivity contribution in [3.05, 3.63) is 93.3 Å². The molecule has 5 rings (SSSR count). The summed E-state index contributed by atoms with van der Waals surface area (Å²) >= 11 is 7.59. The van der Waals surface area contributed by atoms with Crippen molar-refractivity contribution >= 4 is 55.5 Å². The standard InChI is InChI=1S/C26H20ClN3O2S/c1-15-7-10-20(12-22(15)27)29-24(31)16(2)30-14-28-25-23(26(30)32)21(13-33-25)19-9-8-17-5-3-4-6-18(17)11-19/h3-14,16H,1-2H3,(H,29,31). The van der Waals surface area contributed by atoms with Crippen molar-refractivity contribution in [3.63, 3.8) is 0 Å². The van der Waals surface area contributed by atoms with Crippen molar-refractivity contribution in [2.75, 3.05) is 5.32 Å². The number of hydrogen-bond donors (Lipinski definition) is 1. The van der Waals surface area contributed by atoms with Gasteiger partial charge in [-0.25, -0.2) is 4.98 Å². The van der Waals surface area contributed by atoms with Gasteiger partial charge in [0.15, 0.2) is 0 Å². The molecule has 164 valence electrons. The molecule has 3 aromatic carbocycles. The van der Waals surface area contributed by atoms with E-state index in [0.29, 0.717) is 20.9 Å². The summed E-state index contributed by atoms with van der Waals surface area (Å²) in [6.07, 6.45) is 1.44. The van der Waals surface area contributed by atoms with E-state index in [2.05, 4.69) is 22.4 Å². The van der Waals surface area contributed by atoms with Crippen LogP contribution in [0.5, 0.6) is 0 Å². The van der Waals surface area contributed by atoms with Crippen molar-refractivity contribution in [3.8, 4) is 11.1 Å². The minimum atomic E-state index is -0.751. The number of fused-ring (bicyclic) bond motifs is 2. The van der Waals surface area contributed by atoms with Gasteiger partial charge >= 0.3 is 0 Å². The Morgan fingerprint density at radius 1 is 1.09 bits per heavy atom. The number of aryl methyl sites for hydroxylation is 1. The maximum Gasteiger partial charge on any atom is 0.263 e. The van der Waals surface area contributed by atoms with E-state index in [1.807, 2.05) is 48.7 Å². The number of benzene rings is 3. The molecule has 1 N–H and O–H groups in total. The lowest BCUT2D eigenvalue weighted by atomic mass is 10.0. The summed E-state index contributed by atoms with van der Waals surface area (Å²) in [5.41, 5.74) is 3.03. The average Bonchev–Trinajstić information content (AvgIpc) is 3.26. The zero-order valence-electron chi connectivity index (χ0n) is 18.0. The molecule has 0 saturated carbocycles. The fourth-order valence-electron chi connectivity index (χ4n) is 3.83. The number of halogens is 1. The molecular formula is C26H20ClN3O2S. The summed E-state index contributed by atoms with van der Waals surface area (Å²) in [6, 6.07) is 18.8. The van der Waals surface area contributed by atoms with E-state index < -0.39 is 6.04 Å². The first-order valence-corrected chi connectivity index (χ1v) is 11.7. The van der Waals surface area contributed by atoms with Crippen molar-refractivity contribution in [1.82, 2.24) is 9.55 Å². The van der Waals surface area contributed by atoms with Crippen molar-refractivity contribution in [1.29, 1.82) is 0 Å². The van der Waals surface area contributed by atoms with E-state index in [0.717, 1.165) is 27.5 Å². The van der Waals surface area contributed by atoms with Crippen LogP contribution in [0.25, 0.3) is 32.1 Å². The van der Waals surface area contributed by atoms with Crippen molar-refractivity contribution in [2.45, 2.75) is 19.9 Å². The fourth-order valence-corrected chi connectivity index (χ4v) is 4.92. The largest absolute Gasteiger partial charge is 0.324 e. The Kier molecular flexibility index (Phi) is 5.48. The summed E-state index contributed by atoms with van der Waals surface area (Å²) in [6.45, 7) is 3.58. The van der Waals surface area contributed by atoms with Gasteiger partial charge in [-0.15, -0.1) is 11.3 Å². The van der Waals surface area contributed by atoms with Crippen LogP contribution >= 0.6 is 22.9 Å². The van der Waals surface area contributed by atoms with Gasteiger partial charge in [0.2, 0.25) is 5.91 Å². The molecule has 0 fully saturated rings. The number of carbonyl (C=O) groups is 1. The van der Waals surface area contributed by atoms with E-state index in [1.54, 1.807) is 19.1 Å². The number of aromatic nitrogens is 2. The number of thiophene rings is 1. The molecule has 0 saturated heterocycles. The maximum absolute atomic E-state index is 13.5. The molecule has 33 heavy (non-hydrogen) atoms. The minimum absolute atomic E-state index is 0.242. The molecule has 1 amide bonds. The van der Waals surface area contributed by atoms with Crippen LogP contribution in [0.15, 0.2) is 77.2 Å². The van der Waals surface area contributed by atoms with Crippen LogP contribution in [0.4, 0.5) is 5.69 Å². The zero-order chi connectivity index (χ0) is 23.1. The zero-order valence-corrected chi connectivity index (χ0v) is 19.6. The van der Waals surface area contributed by atoms with Gasteiger partial charge in [-0.1, -0.05) is 54.1 Å². The highest BCUT2D eigenvalue weighted by molar-refractivity contribution is 7.17. The van der Waals surface area contributed by atoms with E-state index >= 15 is 0 Å². The third-order valence-electron chi connectivity index (χ3n) is 5.82. The second-order valence-corrected chi connectivity index (χ2v) is 9.24. The summed E-state index contributed by atoms with van der Waals surface area (Å²) in [5, 5.41) is 8.12. The number of nitrogens with zero attached hydrogens (tertiary/aromatic N) is 2. The van der Waals surface area contributed by atoms with E-state index in [9.17, 15) is 9.59 Å². The average molecular weight is 474 g/mol. The maximum atomic E-state index is 13.5. The molecule has 0 aliphatic carbocycles.